The second kappa shape index (κ2) is 6.85. The quantitative estimate of drug-likeness (QED) is 0.909. The van der Waals surface area contributed by atoms with E-state index in [1.807, 2.05) is 20.8 Å². The number of nitrogens with zero attached hydrogens (tertiary/aromatic N) is 1. The highest BCUT2D eigenvalue weighted by Gasteiger charge is 2.29. The Bertz CT molecular complexity index is 470. The fraction of sp³-hybridized carbons (Fsp3) is 0.533. The Morgan fingerprint density at radius 2 is 1.81 bits per heavy atom. The number of alkyl halides is 2. The van der Waals surface area contributed by atoms with E-state index in [1.54, 1.807) is 19.2 Å². The Hall–Kier alpha value is -1.69. The predicted octanol–water partition coefficient (Wildman–Crippen LogP) is 2.62. The summed E-state index contributed by atoms with van der Waals surface area (Å²) < 4.78 is 28.4. The first kappa shape index (κ1) is 17.4. The first-order valence-electron chi connectivity index (χ1n) is 6.65. The van der Waals surface area contributed by atoms with E-state index in [0.29, 0.717) is 6.54 Å². The average Bonchev–Trinajstić information content (AvgIpc) is 2.37. The van der Waals surface area contributed by atoms with Crippen molar-refractivity contribution < 1.29 is 18.3 Å². The molecule has 0 aromatic heterocycles. The number of rotatable bonds is 5. The van der Waals surface area contributed by atoms with Gasteiger partial charge >= 0.3 is 6.61 Å². The molecule has 1 amide bonds. The number of likely N-dealkylation sites (N-methyl/N-ethyl adjacent to an activating group) is 1. The highest BCUT2D eigenvalue weighted by Crippen LogP contribution is 2.20. The van der Waals surface area contributed by atoms with E-state index in [2.05, 4.69) is 4.74 Å². The van der Waals surface area contributed by atoms with E-state index in [-0.39, 0.29) is 17.1 Å². The van der Waals surface area contributed by atoms with Gasteiger partial charge in [0.15, 0.2) is 0 Å². The summed E-state index contributed by atoms with van der Waals surface area (Å²) in [5.74, 6) is -0.0653. The molecule has 0 saturated carbocycles. The third-order valence-corrected chi connectivity index (χ3v) is 3.14. The van der Waals surface area contributed by atoms with E-state index in [9.17, 15) is 13.6 Å². The second-order valence-electron chi connectivity index (χ2n) is 6.06. The molecular weight excluding hydrogens is 278 g/mol. The molecule has 0 radical (unpaired) electrons. The summed E-state index contributed by atoms with van der Waals surface area (Å²) in [5, 5.41) is 0. The molecule has 0 aliphatic heterocycles. The molecule has 6 heteroatoms. The predicted molar refractivity (Wildman–Crippen MR) is 77.0 cm³/mol. The van der Waals surface area contributed by atoms with Crippen LogP contribution in [0.25, 0.3) is 0 Å². The van der Waals surface area contributed by atoms with Gasteiger partial charge in [0.1, 0.15) is 5.75 Å². The topological polar surface area (TPSA) is 55.6 Å². The molecule has 1 unspecified atom stereocenters. The summed E-state index contributed by atoms with van der Waals surface area (Å²) in [6.45, 7) is 3.22. The third-order valence-electron chi connectivity index (χ3n) is 3.14. The van der Waals surface area contributed by atoms with Crippen LogP contribution in [0.1, 0.15) is 26.3 Å². The first-order valence-corrected chi connectivity index (χ1v) is 6.65. The zero-order chi connectivity index (χ0) is 16.2. The van der Waals surface area contributed by atoms with Crippen molar-refractivity contribution in [1.82, 2.24) is 4.90 Å². The lowest BCUT2D eigenvalue weighted by Gasteiger charge is -2.30. The van der Waals surface area contributed by atoms with Gasteiger partial charge in [-0.3, -0.25) is 4.79 Å². The maximum absolute atomic E-state index is 12.2. The number of hydrogen-bond donors (Lipinski definition) is 1. The van der Waals surface area contributed by atoms with Crippen molar-refractivity contribution in [3.63, 3.8) is 0 Å². The van der Waals surface area contributed by atoms with Crippen molar-refractivity contribution in [3.8, 4) is 5.75 Å². The number of amides is 1. The average molecular weight is 300 g/mol. The Labute approximate surface area is 123 Å². The summed E-state index contributed by atoms with van der Waals surface area (Å²) in [5.41, 5.74) is 6.43. The molecule has 1 aromatic rings. The van der Waals surface area contributed by atoms with Gasteiger partial charge in [-0.15, -0.1) is 0 Å². The number of nitrogens with two attached hydrogens (primary N) is 1. The van der Waals surface area contributed by atoms with Crippen molar-refractivity contribution in [2.75, 3.05) is 7.05 Å². The summed E-state index contributed by atoms with van der Waals surface area (Å²) in [7, 11) is 1.66. The van der Waals surface area contributed by atoms with Gasteiger partial charge in [0.05, 0.1) is 6.04 Å². The summed E-state index contributed by atoms with van der Waals surface area (Å²) in [4.78, 5) is 13.7. The molecular formula is C15H22F2N2O2. The van der Waals surface area contributed by atoms with Crippen LogP contribution in [0.4, 0.5) is 8.78 Å². The fourth-order valence-electron chi connectivity index (χ4n) is 1.74. The minimum absolute atomic E-state index is 0.0918. The van der Waals surface area contributed by atoms with E-state index >= 15 is 0 Å². The SMILES string of the molecule is CN(Cc1ccc(OC(F)F)cc1)C(=O)C(N)C(C)(C)C. The van der Waals surface area contributed by atoms with Gasteiger partial charge in [-0.05, 0) is 23.1 Å². The number of ether oxygens (including phenoxy) is 1. The van der Waals surface area contributed by atoms with Crippen LogP contribution in [-0.2, 0) is 11.3 Å². The van der Waals surface area contributed by atoms with Crippen molar-refractivity contribution in [2.45, 2.75) is 40.0 Å². The maximum Gasteiger partial charge on any atom is 0.387 e. The molecule has 0 spiro atoms. The van der Waals surface area contributed by atoms with Crippen LogP contribution in [0, 0.1) is 5.41 Å². The van der Waals surface area contributed by atoms with Crippen molar-refractivity contribution in [1.29, 1.82) is 0 Å². The lowest BCUT2D eigenvalue weighted by Crippen LogP contribution is -2.48. The van der Waals surface area contributed by atoms with Crippen LogP contribution in [0.5, 0.6) is 5.75 Å². The number of carbonyl (C=O) groups is 1. The summed E-state index contributed by atoms with van der Waals surface area (Å²) in [6, 6.07) is 5.59. The largest absolute Gasteiger partial charge is 0.435 e. The van der Waals surface area contributed by atoms with Gasteiger partial charge in [0.2, 0.25) is 5.91 Å². The molecule has 21 heavy (non-hydrogen) atoms. The standard InChI is InChI=1S/C15H22F2N2O2/c1-15(2,3)12(18)13(20)19(4)9-10-5-7-11(8-6-10)21-14(16)17/h5-8,12,14H,9,18H2,1-4H3. The number of benzene rings is 1. The van der Waals surface area contributed by atoms with Crippen LogP contribution in [0.15, 0.2) is 24.3 Å². The van der Waals surface area contributed by atoms with Gasteiger partial charge in [0.25, 0.3) is 0 Å². The van der Waals surface area contributed by atoms with Crippen molar-refractivity contribution in [3.05, 3.63) is 29.8 Å². The normalized spacial score (nSPS) is 13.1. The minimum Gasteiger partial charge on any atom is -0.435 e. The summed E-state index contributed by atoms with van der Waals surface area (Å²) in [6.07, 6.45) is 0. The van der Waals surface area contributed by atoms with Crippen LogP contribution < -0.4 is 10.5 Å². The Morgan fingerprint density at radius 3 is 2.24 bits per heavy atom. The van der Waals surface area contributed by atoms with Crippen LogP contribution in [-0.4, -0.2) is 30.5 Å². The molecule has 0 saturated heterocycles. The van der Waals surface area contributed by atoms with E-state index in [4.69, 9.17) is 5.73 Å². The molecule has 1 atom stereocenters. The molecule has 1 rings (SSSR count). The van der Waals surface area contributed by atoms with E-state index in [1.165, 1.54) is 17.0 Å². The first-order chi connectivity index (χ1) is 9.61. The molecule has 2 N–H and O–H groups in total. The highest BCUT2D eigenvalue weighted by molar-refractivity contribution is 5.82. The monoisotopic (exact) mass is 300 g/mol. The molecule has 0 bridgehead atoms. The minimum atomic E-state index is -2.84. The van der Waals surface area contributed by atoms with Crippen LogP contribution in [0.3, 0.4) is 0 Å². The number of carbonyl (C=O) groups excluding carboxylic acids is 1. The molecule has 0 aliphatic rings. The van der Waals surface area contributed by atoms with Gasteiger partial charge in [-0.25, -0.2) is 0 Å². The zero-order valence-corrected chi connectivity index (χ0v) is 12.8. The molecule has 4 nitrogen and oxygen atoms in total. The van der Waals surface area contributed by atoms with Crippen molar-refractivity contribution >= 4 is 5.91 Å². The van der Waals surface area contributed by atoms with Crippen LogP contribution >= 0.6 is 0 Å². The van der Waals surface area contributed by atoms with E-state index < -0.39 is 12.7 Å². The van der Waals surface area contributed by atoms with Gasteiger partial charge in [-0.1, -0.05) is 32.9 Å². The highest BCUT2D eigenvalue weighted by atomic mass is 19.3. The van der Waals surface area contributed by atoms with Gasteiger partial charge < -0.3 is 15.4 Å². The molecule has 1 aromatic carbocycles. The molecule has 0 heterocycles. The van der Waals surface area contributed by atoms with Gasteiger partial charge in [0, 0.05) is 13.6 Å². The smallest absolute Gasteiger partial charge is 0.387 e. The summed E-state index contributed by atoms with van der Waals surface area (Å²) >= 11 is 0. The third kappa shape index (κ3) is 5.30. The Kier molecular flexibility index (Phi) is 5.66. The van der Waals surface area contributed by atoms with E-state index in [0.717, 1.165) is 5.56 Å². The van der Waals surface area contributed by atoms with Crippen LogP contribution in [0.2, 0.25) is 0 Å². The zero-order valence-electron chi connectivity index (χ0n) is 12.8. The molecule has 118 valence electrons. The maximum atomic E-state index is 12.2. The number of halogens is 2. The Morgan fingerprint density at radius 1 is 1.29 bits per heavy atom. The van der Waals surface area contributed by atoms with Crippen molar-refractivity contribution in [2.24, 2.45) is 11.1 Å². The van der Waals surface area contributed by atoms with Gasteiger partial charge in [-0.2, -0.15) is 8.78 Å². The molecule has 0 fully saturated rings. The molecule has 0 aliphatic carbocycles. The lowest BCUT2D eigenvalue weighted by atomic mass is 9.86. The fourth-order valence-corrected chi connectivity index (χ4v) is 1.74. The number of hydrogen-bond acceptors (Lipinski definition) is 3. The second-order valence-corrected chi connectivity index (χ2v) is 6.06. The Balaban J connectivity index is 2.66. The lowest BCUT2D eigenvalue weighted by molar-refractivity contribution is -0.134.